The van der Waals surface area contributed by atoms with Gasteiger partial charge in [0.1, 0.15) is 11.5 Å². The molecule has 1 saturated heterocycles. The van der Waals surface area contributed by atoms with E-state index in [9.17, 15) is 0 Å². The molecule has 1 N–H and O–H groups in total. The number of furan rings is 1. The molecule has 2 heterocycles. The molecule has 1 aromatic heterocycles. The Kier molecular flexibility index (Phi) is 6.27. The molecule has 2 unspecified atom stereocenters. The van der Waals surface area contributed by atoms with Crippen molar-refractivity contribution in [1.29, 1.82) is 0 Å². The van der Waals surface area contributed by atoms with Crippen LogP contribution in [-0.2, 0) is 17.8 Å². The molecule has 120 valence electrons. The summed E-state index contributed by atoms with van der Waals surface area (Å²) >= 11 is 0. The molecule has 0 saturated carbocycles. The second-order valence-corrected chi connectivity index (χ2v) is 6.53. The minimum absolute atomic E-state index is 0.315. The molecule has 0 aliphatic carbocycles. The van der Waals surface area contributed by atoms with Crippen molar-refractivity contribution in [3.8, 4) is 0 Å². The van der Waals surface area contributed by atoms with E-state index in [0.29, 0.717) is 18.1 Å². The van der Waals surface area contributed by atoms with Gasteiger partial charge in [0.15, 0.2) is 0 Å². The van der Waals surface area contributed by atoms with Crippen LogP contribution in [0.3, 0.4) is 0 Å². The van der Waals surface area contributed by atoms with Crippen molar-refractivity contribution in [2.75, 3.05) is 19.7 Å². The molecule has 1 aliphatic rings. The van der Waals surface area contributed by atoms with Gasteiger partial charge in [-0.05, 0) is 37.9 Å². The fourth-order valence-electron chi connectivity index (χ4n) is 2.77. The summed E-state index contributed by atoms with van der Waals surface area (Å²) in [5.74, 6) is 2.75. The Morgan fingerprint density at radius 1 is 1.33 bits per heavy atom. The zero-order chi connectivity index (χ0) is 15.2. The molecule has 0 spiro atoms. The van der Waals surface area contributed by atoms with E-state index in [1.807, 2.05) is 0 Å². The molecule has 2 rings (SSSR count). The fraction of sp³-hybridized carbons (Fsp3) is 0.765. The molecule has 21 heavy (non-hydrogen) atoms. The van der Waals surface area contributed by atoms with Gasteiger partial charge in [0.2, 0.25) is 0 Å². The van der Waals surface area contributed by atoms with Crippen molar-refractivity contribution in [2.24, 2.45) is 5.92 Å². The summed E-state index contributed by atoms with van der Waals surface area (Å²) in [6.07, 6.45) is 1.44. The summed E-state index contributed by atoms with van der Waals surface area (Å²) in [6.45, 7) is 13.3. The molecule has 1 aromatic rings. The molecule has 0 amide bonds. The van der Waals surface area contributed by atoms with Crippen LogP contribution in [0.1, 0.15) is 45.6 Å². The summed E-state index contributed by atoms with van der Waals surface area (Å²) in [5.41, 5.74) is 0. The van der Waals surface area contributed by atoms with Crippen LogP contribution < -0.4 is 5.32 Å². The lowest BCUT2D eigenvalue weighted by Gasteiger charge is -2.37. The van der Waals surface area contributed by atoms with Gasteiger partial charge in [-0.25, -0.2) is 0 Å². The molecule has 1 fully saturated rings. The lowest BCUT2D eigenvalue weighted by atomic mass is 10.1. The smallest absolute Gasteiger partial charge is 0.118 e. The second kappa shape index (κ2) is 7.97. The molecule has 0 bridgehead atoms. The second-order valence-electron chi connectivity index (χ2n) is 6.53. The zero-order valence-corrected chi connectivity index (χ0v) is 13.9. The number of hydrogen-bond acceptors (Lipinski definition) is 4. The van der Waals surface area contributed by atoms with Gasteiger partial charge in [0.05, 0.1) is 25.8 Å². The SMILES string of the molecule is CCC1COC(C)CN1Cc1ccc(CNCC(C)C)o1. The normalized spacial score (nSPS) is 23.9. The highest BCUT2D eigenvalue weighted by molar-refractivity contribution is 5.07. The highest BCUT2D eigenvalue weighted by Gasteiger charge is 2.26. The minimum atomic E-state index is 0.315. The lowest BCUT2D eigenvalue weighted by molar-refractivity contribution is -0.0611. The predicted octanol–water partition coefficient (Wildman–Crippen LogP) is 3.02. The van der Waals surface area contributed by atoms with E-state index >= 15 is 0 Å². The number of nitrogens with one attached hydrogen (secondary N) is 1. The molecule has 0 radical (unpaired) electrons. The topological polar surface area (TPSA) is 37.6 Å². The minimum Gasteiger partial charge on any atom is -0.463 e. The van der Waals surface area contributed by atoms with Crippen LogP contribution in [0.5, 0.6) is 0 Å². The summed E-state index contributed by atoms with van der Waals surface area (Å²) in [5, 5.41) is 3.42. The first-order chi connectivity index (χ1) is 10.1. The first-order valence-corrected chi connectivity index (χ1v) is 8.22. The third-order valence-electron chi connectivity index (χ3n) is 3.98. The maximum absolute atomic E-state index is 5.95. The van der Waals surface area contributed by atoms with Gasteiger partial charge < -0.3 is 14.5 Å². The summed E-state index contributed by atoms with van der Waals surface area (Å²) in [4.78, 5) is 2.48. The highest BCUT2D eigenvalue weighted by Crippen LogP contribution is 2.19. The van der Waals surface area contributed by atoms with Crippen molar-refractivity contribution in [2.45, 2.75) is 59.4 Å². The zero-order valence-electron chi connectivity index (χ0n) is 13.9. The van der Waals surface area contributed by atoms with Gasteiger partial charge in [-0.2, -0.15) is 0 Å². The average Bonchev–Trinajstić information content (AvgIpc) is 2.86. The van der Waals surface area contributed by atoms with Crippen molar-refractivity contribution in [1.82, 2.24) is 10.2 Å². The van der Waals surface area contributed by atoms with E-state index < -0.39 is 0 Å². The molecule has 4 heteroatoms. The van der Waals surface area contributed by atoms with E-state index in [4.69, 9.17) is 9.15 Å². The lowest BCUT2D eigenvalue weighted by Crippen LogP contribution is -2.47. The van der Waals surface area contributed by atoms with Crippen molar-refractivity contribution in [3.05, 3.63) is 23.7 Å². The molecule has 0 aromatic carbocycles. The van der Waals surface area contributed by atoms with E-state index in [1.165, 1.54) is 0 Å². The number of hydrogen-bond donors (Lipinski definition) is 1. The molecule has 2 atom stereocenters. The first-order valence-electron chi connectivity index (χ1n) is 8.22. The van der Waals surface area contributed by atoms with Crippen LogP contribution in [0.15, 0.2) is 16.5 Å². The van der Waals surface area contributed by atoms with Crippen molar-refractivity contribution < 1.29 is 9.15 Å². The Bertz CT molecular complexity index is 417. The number of morpholine rings is 1. The Balaban J connectivity index is 1.85. The van der Waals surface area contributed by atoms with Crippen LogP contribution in [0.4, 0.5) is 0 Å². The quantitative estimate of drug-likeness (QED) is 0.839. The highest BCUT2D eigenvalue weighted by atomic mass is 16.5. The third kappa shape index (κ3) is 5.13. The Morgan fingerprint density at radius 3 is 2.81 bits per heavy atom. The Morgan fingerprint density at radius 2 is 2.10 bits per heavy atom. The third-order valence-corrected chi connectivity index (χ3v) is 3.98. The van der Waals surface area contributed by atoms with Gasteiger partial charge >= 0.3 is 0 Å². The van der Waals surface area contributed by atoms with Crippen LogP contribution in [0.25, 0.3) is 0 Å². The molecular weight excluding hydrogens is 264 g/mol. The Labute approximate surface area is 128 Å². The average molecular weight is 294 g/mol. The summed E-state index contributed by atoms with van der Waals surface area (Å²) in [7, 11) is 0. The predicted molar refractivity (Wildman–Crippen MR) is 85.2 cm³/mol. The maximum Gasteiger partial charge on any atom is 0.118 e. The maximum atomic E-state index is 5.95. The van der Waals surface area contributed by atoms with Crippen LogP contribution in [0, 0.1) is 5.92 Å². The molecule has 1 aliphatic heterocycles. The standard InChI is InChI=1S/C17H30N2O2/c1-5-15-12-20-14(4)10-19(15)11-17-7-6-16(21-17)9-18-8-13(2)3/h6-7,13-15,18H,5,8-12H2,1-4H3. The van der Waals surface area contributed by atoms with Gasteiger partial charge in [0.25, 0.3) is 0 Å². The Hall–Kier alpha value is -0.840. The summed E-state index contributed by atoms with van der Waals surface area (Å²) in [6, 6.07) is 4.71. The number of ether oxygens (including phenoxy) is 1. The van der Waals surface area contributed by atoms with E-state index in [2.05, 4.69) is 50.0 Å². The van der Waals surface area contributed by atoms with Gasteiger partial charge in [-0.1, -0.05) is 20.8 Å². The van der Waals surface area contributed by atoms with Crippen LogP contribution in [-0.4, -0.2) is 36.7 Å². The van der Waals surface area contributed by atoms with E-state index in [1.54, 1.807) is 0 Å². The van der Waals surface area contributed by atoms with Crippen LogP contribution >= 0.6 is 0 Å². The van der Waals surface area contributed by atoms with E-state index in [-0.39, 0.29) is 0 Å². The van der Waals surface area contributed by atoms with Crippen molar-refractivity contribution >= 4 is 0 Å². The van der Waals surface area contributed by atoms with E-state index in [0.717, 1.165) is 50.7 Å². The first kappa shape index (κ1) is 16.5. The van der Waals surface area contributed by atoms with Gasteiger partial charge in [-0.3, -0.25) is 4.90 Å². The fourth-order valence-corrected chi connectivity index (χ4v) is 2.77. The molecule has 4 nitrogen and oxygen atoms in total. The van der Waals surface area contributed by atoms with Gasteiger partial charge in [-0.15, -0.1) is 0 Å². The number of rotatable bonds is 7. The number of nitrogens with zero attached hydrogens (tertiary/aromatic N) is 1. The van der Waals surface area contributed by atoms with Crippen LogP contribution in [0.2, 0.25) is 0 Å². The van der Waals surface area contributed by atoms with Crippen molar-refractivity contribution in [3.63, 3.8) is 0 Å². The van der Waals surface area contributed by atoms with Gasteiger partial charge in [0, 0.05) is 12.6 Å². The monoisotopic (exact) mass is 294 g/mol. The largest absolute Gasteiger partial charge is 0.463 e. The summed E-state index contributed by atoms with van der Waals surface area (Å²) < 4.78 is 11.7. The molecular formula is C17H30N2O2.